The molecule has 3 N–H and O–H groups in total. The lowest BCUT2D eigenvalue weighted by Gasteiger charge is -2.14. The molecule has 0 aliphatic heterocycles. The summed E-state index contributed by atoms with van der Waals surface area (Å²) in [5.74, 6) is -2.18. The Morgan fingerprint density at radius 3 is 2.60 bits per heavy atom. The first kappa shape index (κ1) is 19.9. The predicted octanol–water partition coefficient (Wildman–Crippen LogP) is 0.705. The topological polar surface area (TPSA) is 125 Å². The summed E-state index contributed by atoms with van der Waals surface area (Å²) in [4.78, 5) is 45.9. The molecular formula is C17H20N2O6. The van der Waals surface area contributed by atoms with Gasteiger partial charge in [0, 0.05) is 18.6 Å². The molecule has 2 amide bonds. The van der Waals surface area contributed by atoms with E-state index >= 15 is 0 Å². The van der Waals surface area contributed by atoms with Gasteiger partial charge in [0.1, 0.15) is 11.8 Å². The van der Waals surface area contributed by atoms with Crippen molar-refractivity contribution in [3.05, 3.63) is 42.0 Å². The molecule has 1 atom stereocenters. The molecule has 0 heterocycles. The van der Waals surface area contributed by atoms with Crippen LogP contribution in [0.25, 0.3) is 0 Å². The lowest BCUT2D eigenvalue weighted by atomic mass is 10.1. The summed E-state index contributed by atoms with van der Waals surface area (Å²) in [6.07, 6.45) is 2.58. The number of hydrogen-bond donors (Lipinski definition) is 2. The van der Waals surface area contributed by atoms with E-state index in [1.54, 1.807) is 6.92 Å². The van der Waals surface area contributed by atoms with Crippen LogP contribution in [-0.4, -0.2) is 36.4 Å². The van der Waals surface area contributed by atoms with Crippen LogP contribution < -0.4 is 15.8 Å². The first-order chi connectivity index (χ1) is 11.8. The lowest BCUT2D eigenvalue weighted by molar-refractivity contribution is -0.137. The fourth-order valence-corrected chi connectivity index (χ4v) is 1.85. The summed E-state index contributed by atoms with van der Waals surface area (Å²) >= 11 is 0. The molecule has 0 bridgehead atoms. The highest BCUT2D eigenvalue weighted by Crippen LogP contribution is 2.13. The van der Waals surface area contributed by atoms with Gasteiger partial charge >= 0.3 is 11.9 Å². The molecule has 8 nitrogen and oxygen atoms in total. The molecule has 25 heavy (non-hydrogen) atoms. The van der Waals surface area contributed by atoms with Crippen LogP contribution in [0, 0.1) is 0 Å². The first-order valence-corrected chi connectivity index (χ1v) is 7.55. The highest BCUT2D eigenvalue weighted by atomic mass is 16.5. The summed E-state index contributed by atoms with van der Waals surface area (Å²) in [7, 11) is 0. The largest absolute Gasteiger partial charge is 0.463 e. The van der Waals surface area contributed by atoms with Crippen molar-refractivity contribution < 1.29 is 28.7 Å². The smallest absolute Gasteiger partial charge is 0.330 e. The van der Waals surface area contributed by atoms with E-state index in [9.17, 15) is 19.2 Å². The van der Waals surface area contributed by atoms with Crippen molar-refractivity contribution in [3.63, 3.8) is 0 Å². The van der Waals surface area contributed by atoms with Gasteiger partial charge < -0.3 is 20.5 Å². The maximum atomic E-state index is 12.2. The zero-order valence-corrected chi connectivity index (χ0v) is 14.0. The van der Waals surface area contributed by atoms with Gasteiger partial charge in [0.2, 0.25) is 5.91 Å². The summed E-state index contributed by atoms with van der Waals surface area (Å²) < 4.78 is 9.61. The van der Waals surface area contributed by atoms with Gasteiger partial charge in [0.25, 0.3) is 5.91 Å². The third kappa shape index (κ3) is 7.30. The van der Waals surface area contributed by atoms with Crippen molar-refractivity contribution in [1.82, 2.24) is 5.32 Å². The molecular weight excluding hydrogens is 328 g/mol. The van der Waals surface area contributed by atoms with Gasteiger partial charge in [-0.1, -0.05) is 12.1 Å². The quantitative estimate of drug-likeness (QED) is 0.405. The number of ether oxygens (including phenoxy) is 2. The van der Waals surface area contributed by atoms with E-state index in [0.29, 0.717) is 0 Å². The normalized spacial score (nSPS) is 11.6. The summed E-state index contributed by atoms with van der Waals surface area (Å²) in [6, 6.07) is 4.91. The van der Waals surface area contributed by atoms with Crippen LogP contribution in [0.15, 0.2) is 36.4 Å². The van der Waals surface area contributed by atoms with Crippen LogP contribution in [0.1, 0.15) is 30.6 Å². The number of benzene rings is 1. The molecule has 134 valence electrons. The minimum atomic E-state index is -1.00. The number of rotatable bonds is 8. The Hall–Kier alpha value is -3.16. The summed E-state index contributed by atoms with van der Waals surface area (Å²) in [6.45, 7) is 3.14. The number of nitrogens with one attached hydrogen (secondary N) is 1. The van der Waals surface area contributed by atoms with Crippen molar-refractivity contribution in [2.24, 2.45) is 5.73 Å². The number of carbonyl (C=O) groups is 4. The number of carbonyl (C=O) groups excluding carboxylic acids is 4. The van der Waals surface area contributed by atoms with Crippen LogP contribution in [0.2, 0.25) is 0 Å². The fraction of sp³-hybridized carbons (Fsp3) is 0.294. The fourth-order valence-electron chi connectivity index (χ4n) is 1.85. The Labute approximate surface area is 145 Å². The Morgan fingerprint density at radius 1 is 1.28 bits per heavy atom. The first-order valence-electron chi connectivity index (χ1n) is 7.55. The molecule has 0 fully saturated rings. The van der Waals surface area contributed by atoms with E-state index in [1.165, 1.54) is 37.3 Å². The number of esters is 2. The molecule has 1 aromatic carbocycles. The average Bonchev–Trinajstić information content (AvgIpc) is 2.53. The number of hydrogen-bond acceptors (Lipinski definition) is 6. The molecule has 0 radical (unpaired) electrons. The summed E-state index contributed by atoms with van der Waals surface area (Å²) in [5, 5.41) is 2.46. The third-order valence-corrected chi connectivity index (χ3v) is 2.92. The van der Waals surface area contributed by atoms with Gasteiger partial charge in [-0.05, 0) is 31.5 Å². The lowest BCUT2D eigenvalue weighted by Crippen LogP contribution is -2.44. The molecule has 0 unspecified atom stereocenters. The number of amides is 2. The van der Waals surface area contributed by atoms with E-state index < -0.39 is 29.8 Å². The Bertz CT molecular complexity index is 683. The standard InChI is InChI=1S/C17H20N2O6/c1-3-24-15(21)9-5-8-14(16(18)22)19-17(23)12-6-4-7-13(10-12)25-11(2)20/h4-7,9-10,14H,3,8H2,1-2H3,(H2,18,22)(H,19,23)/b9-5+/t14-/m0/s1. The number of nitrogens with two attached hydrogens (primary N) is 1. The second kappa shape index (κ2) is 9.86. The van der Waals surface area contributed by atoms with Gasteiger partial charge in [0.15, 0.2) is 0 Å². The average molecular weight is 348 g/mol. The molecule has 0 saturated heterocycles. The highest BCUT2D eigenvalue weighted by Gasteiger charge is 2.18. The molecule has 0 aliphatic rings. The van der Waals surface area contributed by atoms with E-state index in [4.69, 9.17) is 15.2 Å². The maximum absolute atomic E-state index is 12.2. The van der Waals surface area contributed by atoms with Gasteiger partial charge in [-0.2, -0.15) is 0 Å². The Kier molecular flexibility index (Phi) is 7.85. The van der Waals surface area contributed by atoms with Crippen molar-refractivity contribution in [1.29, 1.82) is 0 Å². The van der Waals surface area contributed by atoms with Gasteiger partial charge in [0.05, 0.1) is 6.61 Å². The van der Waals surface area contributed by atoms with Crippen LogP contribution in [0.5, 0.6) is 5.75 Å². The third-order valence-electron chi connectivity index (χ3n) is 2.92. The van der Waals surface area contributed by atoms with Crippen LogP contribution in [0.3, 0.4) is 0 Å². The minimum Gasteiger partial charge on any atom is -0.463 e. The SMILES string of the molecule is CCOC(=O)/C=C/C[C@H](NC(=O)c1cccc(OC(C)=O)c1)C(N)=O. The second-order valence-electron chi connectivity index (χ2n) is 4.94. The van der Waals surface area contributed by atoms with Crippen molar-refractivity contribution >= 4 is 23.8 Å². The van der Waals surface area contributed by atoms with E-state index in [1.807, 2.05) is 0 Å². The molecule has 1 aromatic rings. The Balaban J connectivity index is 2.75. The van der Waals surface area contributed by atoms with Gasteiger partial charge in [-0.25, -0.2) is 4.79 Å². The van der Waals surface area contributed by atoms with Gasteiger partial charge in [-0.3, -0.25) is 14.4 Å². The molecule has 0 aliphatic carbocycles. The molecule has 1 rings (SSSR count). The van der Waals surface area contributed by atoms with Crippen molar-refractivity contribution in [2.75, 3.05) is 6.61 Å². The van der Waals surface area contributed by atoms with Crippen LogP contribution in [-0.2, 0) is 19.1 Å². The van der Waals surface area contributed by atoms with Crippen LogP contribution in [0.4, 0.5) is 0 Å². The zero-order valence-electron chi connectivity index (χ0n) is 14.0. The minimum absolute atomic E-state index is 0.0313. The van der Waals surface area contributed by atoms with E-state index in [0.717, 1.165) is 6.08 Å². The maximum Gasteiger partial charge on any atom is 0.330 e. The second-order valence-corrected chi connectivity index (χ2v) is 4.94. The monoisotopic (exact) mass is 348 g/mol. The zero-order chi connectivity index (χ0) is 18.8. The highest BCUT2D eigenvalue weighted by molar-refractivity contribution is 5.97. The Morgan fingerprint density at radius 2 is 2.00 bits per heavy atom. The van der Waals surface area contributed by atoms with Gasteiger partial charge in [-0.15, -0.1) is 0 Å². The van der Waals surface area contributed by atoms with Crippen molar-refractivity contribution in [3.8, 4) is 5.75 Å². The van der Waals surface area contributed by atoms with Crippen LogP contribution >= 0.6 is 0 Å². The molecule has 8 heteroatoms. The summed E-state index contributed by atoms with van der Waals surface area (Å²) in [5.41, 5.74) is 5.46. The molecule has 0 aromatic heterocycles. The van der Waals surface area contributed by atoms with E-state index in [2.05, 4.69) is 5.32 Å². The predicted molar refractivity (Wildman–Crippen MR) is 88.6 cm³/mol. The van der Waals surface area contributed by atoms with E-state index in [-0.39, 0.29) is 24.3 Å². The molecule has 0 spiro atoms. The van der Waals surface area contributed by atoms with Crippen molar-refractivity contribution in [2.45, 2.75) is 26.3 Å². The number of primary amides is 1. The molecule has 0 saturated carbocycles.